The highest BCUT2D eigenvalue weighted by Gasteiger charge is 2.65. The monoisotopic (exact) mass is 611 g/mol. The van der Waals surface area contributed by atoms with Crippen LogP contribution in [0.3, 0.4) is 0 Å². The first-order valence-corrected chi connectivity index (χ1v) is 12.9. The van der Waals surface area contributed by atoms with Gasteiger partial charge < -0.3 is 9.84 Å². The Hall–Kier alpha value is -3.10. The van der Waals surface area contributed by atoms with E-state index in [0.29, 0.717) is 26.5 Å². The fourth-order valence-electron chi connectivity index (χ4n) is 5.67. The lowest BCUT2D eigenvalue weighted by atomic mass is 9.56. The van der Waals surface area contributed by atoms with Crippen molar-refractivity contribution in [3.05, 3.63) is 111 Å². The lowest BCUT2D eigenvalue weighted by Gasteiger charge is -2.43. The van der Waals surface area contributed by atoms with Crippen LogP contribution >= 0.6 is 34.2 Å². The number of nitrogens with zero attached hydrogens (tertiary/aromatic N) is 1. The Morgan fingerprint density at radius 1 is 1.14 bits per heavy atom. The molecule has 1 aliphatic carbocycles. The maximum atomic E-state index is 14.7. The number of halogens is 2. The minimum atomic E-state index is -1.23. The van der Waals surface area contributed by atoms with Crippen LogP contribution in [0.15, 0.2) is 91.0 Å². The number of ether oxygens (including phenoxy) is 1. The van der Waals surface area contributed by atoms with Crippen molar-refractivity contribution in [2.24, 2.45) is 5.92 Å². The molecule has 2 amide bonds. The number of hydrogen-bond donors (Lipinski definition) is 1. The molecule has 36 heavy (non-hydrogen) atoms. The first kappa shape index (κ1) is 24.6. The zero-order valence-corrected chi connectivity index (χ0v) is 22.4. The minimum absolute atomic E-state index is 0.0292. The number of imide groups is 1. The highest BCUT2D eigenvalue weighted by atomic mass is 127. The fraction of sp³-hybridized carbons (Fsp3) is 0.172. The summed E-state index contributed by atoms with van der Waals surface area (Å²) in [5.41, 5.74) is 1.55. The van der Waals surface area contributed by atoms with E-state index in [2.05, 4.69) is 6.58 Å². The topological polar surface area (TPSA) is 66.8 Å². The molecule has 0 aromatic heterocycles. The second kappa shape index (κ2) is 9.41. The van der Waals surface area contributed by atoms with Gasteiger partial charge in [0.15, 0.2) is 11.5 Å². The first-order valence-electron chi connectivity index (χ1n) is 11.4. The van der Waals surface area contributed by atoms with E-state index in [-0.39, 0.29) is 17.6 Å². The van der Waals surface area contributed by atoms with E-state index in [4.69, 9.17) is 16.3 Å². The Kier molecular flexibility index (Phi) is 6.43. The number of anilines is 1. The summed E-state index contributed by atoms with van der Waals surface area (Å²) in [6, 6.07) is 19.8. The van der Waals surface area contributed by atoms with E-state index in [0.717, 1.165) is 16.7 Å². The Balaban J connectivity index is 1.83. The quantitative estimate of drug-likeness (QED) is 0.268. The second-order valence-electron chi connectivity index (χ2n) is 8.88. The van der Waals surface area contributed by atoms with E-state index < -0.39 is 17.3 Å². The van der Waals surface area contributed by atoms with Crippen molar-refractivity contribution in [3.63, 3.8) is 0 Å². The molecule has 5 rings (SSSR count). The highest BCUT2D eigenvalue weighted by Crippen LogP contribution is 2.58. The summed E-state index contributed by atoms with van der Waals surface area (Å²) in [6.07, 6.45) is 4.13. The van der Waals surface area contributed by atoms with Gasteiger partial charge in [0.1, 0.15) is 0 Å². The number of methoxy groups -OCH3 is 1. The molecule has 1 aliphatic heterocycles. The van der Waals surface area contributed by atoms with Gasteiger partial charge in [-0.1, -0.05) is 66.7 Å². The van der Waals surface area contributed by atoms with E-state index in [9.17, 15) is 14.7 Å². The van der Waals surface area contributed by atoms with E-state index in [1.54, 1.807) is 36.4 Å². The van der Waals surface area contributed by atoms with Crippen molar-refractivity contribution in [3.8, 4) is 11.5 Å². The number of fused-ring (bicyclic) bond motifs is 1. The zero-order valence-electron chi connectivity index (χ0n) is 19.4. The number of benzene rings is 3. The van der Waals surface area contributed by atoms with Crippen LogP contribution < -0.4 is 9.64 Å². The Bertz CT molecular complexity index is 1420. The number of rotatable bonds is 5. The van der Waals surface area contributed by atoms with Crippen molar-refractivity contribution in [1.82, 2.24) is 0 Å². The molecular weight excluding hydrogens is 589 g/mol. The van der Waals surface area contributed by atoms with Crippen LogP contribution in [0.5, 0.6) is 11.5 Å². The van der Waals surface area contributed by atoms with Gasteiger partial charge >= 0.3 is 0 Å². The third-order valence-corrected chi connectivity index (χ3v) is 8.22. The molecule has 2 aliphatic rings. The number of hydrogen-bond acceptors (Lipinski definition) is 4. The standard InChI is InChI=1S/C29H23ClINO4/c1-3-17-12-13-22-27(34)32(21-11-7-10-20(30)16-21)28(35)29(22,19-8-5-4-6-9-19)25(17)18-14-23(31)26(33)24(15-18)36-2/h3-12,14-16,22,25,33H,1,13H2,2H3/t22-,25+,29+/m0/s1. The second-order valence-corrected chi connectivity index (χ2v) is 10.5. The number of allylic oxidation sites excluding steroid dienone is 3. The van der Waals surface area contributed by atoms with Crippen LogP contribution in [0, 0.1) is 9.49 Å². The van der Waals surface area contributed by atoms with Crippen molar-refractivity contribution in [1.29, 1.82) is 0 Å². The Morgan fingerprint density at radius 3 is 2.56 bits per heavy atom. The molecule has 0 saturated carbocycles. The number of carbonyl (C=O) groups is 2. The summed E-state index contributed by atoms with van der Waals surface area (Å²) < 4.78 is 6.03. The smallest absolute Gasteiger partial charge is 0.246 e. The van der Waals surface area contributed by atoms with Crippen LogP contribution in [-0.4, -0.2) is 24.0 Å². The molecule has 3 aromatic carbocycles. The molecule has 0 unspecified atom stereocenters. The lowest BCUT2D eigenvalue weighted by molar-refractivity contribution is -0.123. The molecule has 1 fully saturated rings. The molecule has 3 aromatic rings. The maximum absolute atomic E-state index is 14.7. The van der Waals surface area contributed by atoms with Crippen molar-refractivity contribution in [2.45, 2.75) is 17.8 Å². The molecule has 5 nitrogen and oxygen atoms in total. The summed E-state index contributed by atoms with van der Waals surface area (Å²) in [4.78, 5) is 29.9. The lowest BCUT2D eigenvalue weighted by Crippen LogP contribution is -2.48. The molecule has 3 atom stereocenters. The number of aromatic hydroxyl groups is 1. The van der Waals surface area contributed by atoms with Gasteiger partial charge in [-0.15, -0.1) is 0 Å². The zero-order chi connectivity index (χ0) is 25.6. The predicted octanol–water partition coefficient (Wildman–Crippen LogP) is 6.39. The highest BCUT2D eigenvalue weighted by molar-refractivity contribution is 14.1. The molecule has 1 N–H and O–H groups in total. The van der Waals surface area contributed by atoms with Crippen LogP contribution in [0.4, 0.5) is 5.69 Å². The van der Waals surface area contributed by atoms with E-state index >= 15 is 0 Å². The Labute approximate surface area is 228 Å². The molecule has 0 spiro atoms. The van der Waals surface area contributed by atoms with Gasteiger partial charge in [0.2, 0.25) is 11.8 Å². The summed E-state index contributed by atoms with van der Waals surface area (Å²) in [6.45, 7) is 4.04. The molecule has 1 saturated heterocycles. The van der Waals surface area contributed by atoms with Crippen LogP contribution in [0.1, 0.15) is 23.5 Å². The summed E-state index contributed by atoms with van der Waals surface area (Å²) in [5.74, 6) is -1.44. The predicted molar refractivity (Wildman–Crippen MR) is 149 cm³/mol. The number of amides is 2. The van der Waals surface area contributed by atoms with Crippen LogP contribution in [-0.2, 0) is 15.0 Å². The normalized spacial score (nSPS) is 23.3. The van der Waals surface area contributed by atoms with Crippen molar-refractivity contribution >= 4 is 51.7 Å². The largest absolute Gasteiger partial charge is 0.504 e. The molecular formula is C29H23ClINO4. The van der Waals surface area contributed by atoms with E-state index in [1.165, 1.54) is 12.0 Å². The molecule has 182 valence electrons. The third-order valence-electron chi connectivity index (χ3n) is 7.16. The van der Waals surface area contributed by atoms with Gasteiger partial charge in [-0.2, -0.15) is 0 Å². The SMILES string of the molecule is C=CC1=CC[C@H]2C(=O)N(c3cccc(Cl)c3)C(=O)[C@@]2(c2ccccc2)[C@H]1c1cc(I)c(O)c(OC)c1. The summed E-state index contributed by atoms with van der Waals surface area (Å²) in [5, 5.41) is 11.0. The van der Waals surface area contributed by atoms with Gasteiger partial charge in [-0.25, -0.2) is 4.90 Å². The Morgan fingerprint density at radius 2 is 1.89 bits per heavy atom. The van der Waals surface area contributed by atoms with Gasteiger partial charge in [0.25, 0.3) is 0 Å². The maximum Gasteiger partial charge on any atom is 0.246 e. The van der Waals surface area contributed by atoms with Crippen LogP contribution in [0.2, 0.25) is 5.02 Å². The molecule has 1 heterocycles. The first-order chi connectivity index (χ1) is 17.3. The van der Waals surface area contributed by atoms with Crippen molar-refractivity contribution < 1.29 is 19.4 Å². The average Bonchev–Trinajstić information content (AvgIpc) is 3.12. The average molecular weight is 612 g/mol. The van der Waals surface area contributed by atoms with Gasteiger partial charge in [0, 0.05) is 10.9 Å². The van der Waals surface area contributed by atoms with Gasteiger partial charge in [-0.05, 0) is 76.0 Å². The summed E-state index contributed by atoms with van der Waals surface area (Å²) >= 11 is 8.30. The minimum Gasteiger partial charge on any atom is -0.504 e. The molecule has 7 heteroatoms. The number of carbonyl (C=O) groups excluding carboxylic acids is 2. The third kappa shape index (κ3) is 3.58. The number of phenolic OH excluding ortho intramolecular Hbond substituents is 1. The van der Waals surface area contributed by atoms with Crippen molar-refractivity contribution in [2.75, 3.05) is 12.0 Å². The summed E-state index contributed by atoms with van der Waals surface area (Å²) in [7, 11) is 1.49. The van der Waals surface area contributed by atoms with Crippen LogP contribution in [0.25, 0.3) is 0 Å². The van der Waals surface area contributed by atoms with E-state index in [1.807, 2.05) is 65.1 Å². The number of phenols is 1. The fourth-order valence-corrected chi connectivity index (χ4v) is 6.48. The molecule has 0 radical (unpaired) electrons. The van der Waals surface area contributed by atoms with Gasteiger partial charge in [-0.3, -0.25) is 9.59 Å². The van der Waals surface area contributed by atoms with Gasteiger partial charge in [0.05, 0.1) is 27.7 Å². The molecule has 0 bridgehead atoms.